The van der Waals surface area contributed by atoms with E-state index in [1.54, 1.807) is 12.1 Å². The molecule has 2 unspecified atom stereocenters. The monoisotopic (exact) mass is 230 g/mol. The van der Waals surface area contributed by atoms with Crippen LogP contribution in [-0.4, -0.2) is 19.2 Å². The van der Waals surface area contributed by atoms with Gasteiger partial charge in [-0.25, -0.2) is 0 Å². The summed E-state index contributed by atoms with van der Waals surface area (Å²) in [6.07, 6.45) is 2.62. The minimum Gasteiger partial charge on any atom is -0.490 e. The zero-order valence-corrected chi connectivity index (χ0v) is 10.1. The lowest BCUT2D eigenvalue weighted by atomic mass is 9.94. The Kier molecular flexibility index (Phi) is 4.00. The summed E-state index contributed by atoms with van der Waals surface area (Å²) in [5, 5.41) is 12.2. The third kappa shape index (κ3) is 3.21. The van der Waals surface area contributed by atoms with Crippen LogP contribution in [0.3, 0.4) is 0 Å². The van der Waals surface area contributed by atoms with Crippen molar-refractivity contribution < 1.29 is 4.74 Å². The van der Waals surface area contributed by atoms with Crippen molar-refractivity contribution in [3.8, 4) is 11.8 Å². The summed E-state index contributed by atoms with van der Waals surface area (Å²) in [6.45, 7) is 4.25. The van der Waals surface area contributed by atoms with E-state index in [0.717, 1.165) is 18.8 Å². The van der Waals surface area contributed by atoms with E-state index in [1.165, 1.54) is 12.8 Å². The van der Waals surface area contributed by atoms with Gasteiger partial charge in [0.05, 0.1) is 17.7 Å². The molecule has 1 aliphatic heterocycles. The summed E-state index contributed by atoms with van der Waals surface area (Å²) in [4.78, 5) is 0. The standard InChI is InChI=1S/C14H18N2O/c1-11(13-5-3-7-16-10-13)17-14-6-2-4-12(8-14)9-15/h2,4,6,8,11,13,16H,3,5,7,10H2,1H3. The molecule has 3 nitrogen and oxygen atoms in total. The second-order valence-corrected chi connectivity index (χ2v) is 4.57. The fraction of sp³-hybridized carbons (Fsp3) is 0.500. The van der Waals surface area contributed by atoms with Gasteiger partial charge in [0.25, 0.3) is 0 Å². The molecule has 1 aromatic rings. The molecule has 1 fully saturated rings. The van der Waals surface area contributed by atoms with Crippen LogP contribution >= 0.6 is 0 Å². The molecule has 0 amide bonds. The van der Waals surface area contributed by atoms with Crippen molar-refractivity contribution >= 4 is 0 Å². The first kappa shape index (κ1) is 11.9. The van der Waals surface area contributed by atoms with Gasteiger partial charge in [0, 0.05) is 12.5 Å². The van der Waals surface area contributed by atoms with E-state index in [1.807, 2.05) is 12.1 Å². The fourth-order valence-corrected chi connectivity index (χ4v) is 2.23. The molecule has 90 valence electrons. The Morgan fingerprint density at radius 1 is 1.53 bits per heavy atom. The van der Waals surface area contributed by atoms with Gasteiger partial charge in [-0.3, -0.25) is 0 Å². The third-order valence-electron chi connectivity index (χ3n) is 3.28. The highest BCUT2D eigenvalue weighted by molar-refractivity contribution is 5.36. The average molecular weight is 230 g/mol. The minimum absolute atomic E-state index is 0.191. The summed E-state index contributed by atoms with van der Waals surface area (Å²) >= 11 is 0. The molecule has 1 aromatic carbocycles. The second kappa shape index (κ2) is 5.70. The van der Waals surface area contributed by atoms with E-state index in [4.69, 9.17) is 10.00 Å². The van der Waals surface area contributed by atoms with Crippen LogP contribution in [0.25, 0.3) is 0 Å². The van der Waals surface area contributed by atoms with Gasteiger partial charge in [-0.2, -0.15) is 5.26 Å². The SMILES string of the molecule is CC(Oc1cccc(C#N)c1)C1CCCNC1. The number of ether oxygens (including phenoxy) is 1. The van der Waals surface area contributed by atoms with Gasteiger partial charge >= 0.3 is 0 Å². The molecule has 1 aliphatic rings. The van der Waals surface area contributed by atoms with E-state index < -0.39 is 0 Å². The Balaban J connectivity index is 1.97. The predicted octanol–water partition coefficient (Wildman–Crippen LogP) is 2.33. The highest BCUT2D eigenvalue weighted by Gasteiger charge is 2.21. The molecule has 1 saturated heterocycles. The van der Waals surface area contributed by atoms with Crippen molar-refractivity contribution in [2.45, 2.75) is 25.9 Å². The van der Waals surface area contributed by atoms with Crippen LogP contribution in [0.2, 0.25) is 0 Å². The Morgan fingerprint density at radius 2 is 2.41 bits per heavy atom. The molecule has 0 radical (unpaired) electrons. The molecule has 1 heterocycles. The fourth-order valence-electron chi connectivity index (χ4n) is 2.23. The molecular formula is C14H18N2O. The smallest absolute Gasteiger partial charge is 0.121 e. The molecule has 3 heteroatoms. The van der Waals surface area contributed by atoms with E-state index in [0.29, 0.717) is 11.5 Å². The van der Waals surface area contributed by atoms with E-state index >= 15 is 0 Å². The maximum absolute atomic E-state index is 8.83. The number of nitrogens with one attached hydrogen (secondary N) is 1. The minimum atomic E-state index is 0.191. The Bertz CT molecular complexity index is 405. The third-order valence-corrected chi connectivity index (χ3v) is 3.28. The zero-order chi connectivity index (χ0) is 12.1. The number of rotatable bonds is 3. The van der Waals surface area contributed by atoms with Crippen LogP contribution < -0.4 is 10.1 Å². The zero-order valence-electron chi connectivity index (χ0n) is 10.1. The number of benzene rings is 1. The molecule has 0 aromatic heterocycles. The predicted molar refractivity (Wildman–Crippen MR) is 66.8 cm³/mol. The number of hydrogen-bond donors (Lipinski definition) is 1. The van der Waals surface area contributed by atoms with Gasteiger partial charge in [0.1, 0.15) is 5.75 Å². The van der Waals surface area contributed by atoms with Crippen molar-refractivity contribution in [1.29, 1.82) is 5.26 Å². The molecule has 0 saturated carbocycles. The number of hydrogen-bond acceptors (Lipinski definition) is 3. The Morgan fingerprint density at radius 3 is 3.12 bits per heavy atom. The normalized spacial score (nSPS) is 21.5. The lowest BCUT2D eigenvalue weighted by Gasteiger charge is -2.28. The molecule has 0 bridgehead atoms. The summed E-state index contributed by atoms with van der Waals surface area (Å²) in [5.41, 5.74) is 0.650. The number of nitriles is 1. The largest absolute Gasteiger partial charge is 0.490 e. The number of nitrogens with zero attached hydrogens (tertiary/aromatic N) is 1. The molecule has 2 rings (SSSR count). The lowest BCUT2D eigenvalue weighted by Crippen LogP contribution is -2.37. The highest BCUT2D eigenvalue weighted by Crippen LogP contribution is 2.21. The van der Waals surface area contributed by atoms with Crippen molar-refractivity contribution in [2.75, 3.05) is 13.1 Å². The van der Waals surface area contributed by atoms with E-state index in [-0.39, 0.29) is 6.10 Å². The summed E-state index contributed by atoms with van der Waals surface area (Å²) < 4.78 is 5.91. The first-order valence-corrected chi connectivity index (χ1v) is 6.17. The molecule has 17 heavy (non-hydrogen) atoms. The van der Waals surface area contributed by atoms with E-state index in [2.05, 4.69) is 18.3 Å². The van der Waals surface area contributed by atoms with Crippen LogP contribution in [0.4, 0.5) is 0 Å². The van der Waals surface area contributed by atoms with Crippen molar-refractivity contribution in [1.82, 2.24) is 5.32 Å². The lowest BCUT2D eigenvalue weighted by molar-refractivity contribution is 0.131. The highest BCUT2D eigenvalue weighted by atomic mass is 16.5. The molecule has 0 spiro atoms. The maximum Gasteiger partial charge on any atom is 0.121 e. The summed E-state index contributed by atoms with van der Waals surface area (Å²) in [5.74, 6) is 1.36. The van der Waals surface area contributed by atoms with Crippen molar-refractivity contribution in [3.05, 3.63) is 29.8 Å². The van der Waals surface area contributed by atoms with Gasteiger partial charge in [0.2, 0.25) is 0 Å². The average Bonchev–Trinajstić information content (AvgIpc) is 2.40. The summed E-state index contributed by atoms with van der Waals surface area (Å²) in [6, 6.07) is 9.49. The maximum atomic E-state index is 8.83. The van der Waals surface area contributed by atoms with Crippen molar-refractivity contribution in [2.24, 2.45) is 5.92 Å². The van der Waals surface area contributed by atoms with Gasteiger partial charge in [-0.1, -0.05) is 6.07 Å². The van der Waals surface area contributed by atoms with Crippen LogP contribution in [-0.2, 0) is 0 Å². The molecule has 1 N–H and O–H groups in total. The van der Waals surface area contributed by atoms with Gasteiger partial charge < -0.3 is 10.1 Å². The number of piperidine rings is 1. The van der Waals surface area contributed by atoms with Crippen LogP contribution in [0.5, 0.6) is 5.75 Å². The van der Waals surface area contributed by atoms with Crippen LogP contribution in [0, 0.1) is 17.2 Å². The Hall–Kier alpha value is -1.53. The topological polar surface area (TPSA) is 45.0 Å². The van der Waals surface area contributed by atoms with Gasteiger partial charge in [0.15, 0.2) is 0 Å². The first-order valence-electron chi connectivity index (χ1n) is 6.17. The van der Waals surface area contributed by atoms with Crippen LogP contribution in [0.15, 0.2) is 24.3 Å². The van der Waals surface area contributed by atoms with Gasteiger partial charge in [-0.15, -0.1) is 0 Å². The van der Waals surface area contributed by atoms with Crippen molar-refractivity contribution in [3.63, 3.8) is 0 Å². The van der Waals surface area contributed by atoms with Crippen LogP contribution in [0.1, 0.15) is 25.3 Å². The summed E-state index contributed by atoms with van der Waals surface area (Å²) in [7, 11) is 0. The molecular weight excluding hydrogens is 212 g/mol. The quantitative estimate of drug-likeness (QED) is 0.866. The first-order chi connectivity index (χ1) is 8.29. The Labute approximate surface area is 102 Å². The molecule has 0 aliphatic carbocycles. The van der Waals surface area contributed by atoms with Gasteiger partial charge in [-0.05, 0) is 44.5 Å². The van der Waals surface area contributed by atoms with E-state index in [9.17, 15) is 0 Å². The second-order valence-electron chi connectivity index (χ2n) is 4.57. The molecule has 2 atom stereocenters.